The van der Waals surface area contributed by atoms with Gasteiger partial charge in [0.2, 0.25) is 5.43 Å². The second kappa shape index (κ2) is 5.62. The number of hydrogen-bond acceptors (Lipinski definition) is 3. The van der Waals surface area contributed by atoms with Gasteiger partial charge in [0.25, 0.3) is 0 Å². The van der Waals surface area contributed by atoms with Gasteiger partial charge in [-0.15, -0.1) is 0 Å². The molecule has 2 aromatic rings. The van der Waals surface area contributed by atoms with Gasteiger partial charge in [0.05, 0.1) is 5.39 Å². The lowest BCUT2D eigenvalue weighted by Crippen LogP contribution is -2.19. The maximum absolute atomic E-state index is 12.8. The van der Waals surface area contributed by atoms with Crippen molar-refractivity contribution in [1.82, 2.24) is 0 Å². The molecule has 0 aliphatic rings. The van der Waals surface area contributed by atoms with Gasteiger partial charge in [0.1, 0.15) is 23.5 Å². The highest BCUT2D eigenvalue weighted by Gasteiger charge is 2.24. The summed E-state index contributed by atoms with van der Waals surface area (Å²) in [5.74, 6) is 5.31. The second-order valence-corrected chi connectivity index (χ2v) is 6.74. The van der Waals surface area contributed by atoms with Crippen LogP contribution in [0.25, 0.3) is 11.0 Å². The second-order valence-electron chi connectivity index (χ2n) is 6.74. The van der Waals surface area contributed by atoms with Crippen molar-refractivity contribution in [3.05, 3.63) is 44.8 Å². The third-order valence-corrected chi connectivity index (χ3v) is 3.75. The highest BCUT2D eigenvalue weighted by atomic mass is 16.3. The van der Waals surface area contributed by atoms with Crippen molar-refractivity contribution in [3.63, 3.8) is 0 Å². The number of aliphatic hydroxyl groups excluding tert-OH is 1. The lowest BCUT2D eigenvalue weighted by atomic mass is 9.80. The summed E-state index contributed by atoms with van der Waals surface area (Å²) in [7, 11) is 0. The van der Waals surface area contributed by atoms with Crippen LogP contribution in [-0.4, -0.2) is 11.2 Å². The van der Waals surface area contributed by atoms with E-state index < -0.39 is 6.10 Å². The molecule has 2 rings (SSSR count). The topological polar surface area (TPSA) is 50.4 Å². The molecule has 22 heavy (non-hydrogen) atoms. The molecule has 3 heteroatoms. The van der Waals surface area contributed by atoms with Crippen molar-refractivity contribution < 1.29 is 9.52 Å². The van der Waals surface area contributed by atoms with Crippen LogP contribution in [0.4, 0.5) is 0 Å². The van der Waals surface area contributed by atoms with Crippen LogP contribution >= 0.6 is 0 Å². The number of aliphatic hydroxyl groups is 1. The van der Waals surface area contributed by atoms with Crippen LogP contribution in [0, 0.1) is 25.7 Å². The molecule has 0 saturated heterocycles. The minimum Gasteiger partial charge on any atom is -0.463 e. The molecule has 0 bridgehead atoms. The van der Waals surface area contributed by atoms with E-state index in [0.29, 0.717) is 11.0 Å². The summed E-state index contributed by atoms with van der Waals surface area (Å²) < 4.78 is 5.64. The molecule has 0 saturated carbocycles. The molecule has 0 radical (unpaired) electrons. The first-order valence-electron chi connectivity index (χ1n) is 7.38. The Labute approximate surface area is 131 Å². The minimum absolute atomic E-state index is 0.137. The predicted octanol–water partition coefficient (Wildman–Crippen LogP) is 3.44. The lowest BCUT2D eigenvalue weighted by molar-refractivity contribution is 0.253. The molecule has 1 N–H and O–H groups in total. The van der Waals surface area contributed by atoms with E-state index in [9.17, 15) is 9.90 Å². The van der Waals surface area contributed by atoms with Crippen LogP contribution in [0.15, 0.2) is 21.5 Å². The molecule has 0 amide bonds. The molecule has 1 unspecified atom stereocenters. The normalized spacial score (nSPS) is 12.9. The molecule has 1 heterocycles. The largest absolute Gasteiger partial charge is 0.463 e. The van der Waals surface area contributed by atoms with E-state index in [-0.39, 0.29) is 16.4 Å². The van der Waals surface area contributed by atoms with Gasteiger partial charge in [-0.1, -0.05) is 32.6 Å². The van der Waals surface area contributed by atoms with Crippen molar-refractivity contribution in [2.45, 2.75) is 53.1 Å². The van der Waals surface area contributed by atoms with Crippen molar-refractivity contribution in [3.8, 4) is 11.8 Å². The Balaban J connectivity index is 2.93. The van der Waals surface area contributed by atoms with Crippen LogP contribution in [0.5, 0.6) is 0 Å². The van der Waals surface area contributed by atoms with Gasteiger partial charge in [0, 0.05) is 0 Å². The molecule has 1 aromatic heterocycles. The first-order valence-corrected chi connectivity index (χ1v) is 7.38. The molecule has 0 aliphatic carbocycles. The molecule has 0 spiro atoms. The zero-order valence-corrected chi connectivity index (χ0v) is 14.0. The number of benzene rings is 1. The third kappa shape index (κ3) is 2.93. The van der Waals surface area contributed by atoms with Crippen LogP contribution in [-0.2, 0) is 5.41 Å². The summed E-state index contributed by atoms with van der Waals surface area (Å²) in [5.41, 5.74) is 3.75. The average molecular weight is 298 g/mol. The summed E-state index contributed by atoms with van der Waals surface area (Å²) in [5, 5.41) is 9.87. The first kappa shape index (κ1) is 16.3. The summed E-state index contributed by atoms with van der Waals surface area (Å²) in [6.45, 7) is 11.9. The fourth-order valence-electron chi connectivity index (χ4n) is 2.72. The van der Waals surface area contributed by atoms with E-state index in [4.69, 9.17) is 4.42 Å². The number of hydrogen-bond donors (Lipinski definition) is 1. The van der Waals surface area contributed by atoms with Crippen molar-refractivity contribution in [2.24, 2.45) is 0 Å². The molecule has 0 aliphatic heterocycles. The smallest absolute Gasteiger partial charge is 0.208 e. The standard InChI is InChI=1S/C19H22O3/c1-11-9-15-16(17(13(11)3)19(4,5)6)18(21)14(10-22-15)8-7-12(2)20/h9-10,12,20H,1-6H3. The van der Waals surface area contributed by atoms with Crippen molar-refractivity contribution >= 4 is 11.0 Å². The Morgan fingerprint density at radius 3 is 2.45 bits per heavy atom. The van der Waals surface area contributed by atoms with Gasteiger partial charge in [-0.2, -0.15) is 0 Å². The van der Waals surface area contributed by atoms with Crippen LogP contribution in [0.1, 0.15) is 49.9 Å². The molecular formula is C19H22O3. The maximum atomic E-state index is 12.8. The average Bonchev–Trinajstić information content (AvgIpc) is 2.38. The highest BCUT2D eigenvalue weighted by Crippen LogP contribution is 2.33. The van der Waals surface area contributed by atoms with Gasteiger partial charge < -0.3 is 9.52 Å². The summed E-state index contributed by atoms with van der Waals surface area (Å²) in [4.78, 5) is 12.8. The minimum atomic E-state index is -0.781. The first-order chi connectivity index (χ1) is 10.1. The van der Waals surface area contributed by atoms with E-state index >= 15 is 0 Å². The van der Waals surface area contributed by atoms with Gasteiger partial charge in [0.15, 0.2) is 0 Å². The molecular weight excluding hydrogens is 276 g/mol. The van der Waals surface area contributed by atoms with E-state index in [1.165, 1.54) is 6.26 Å². The number of fused-ring (bicyclic) bond motifs is 1. The quantitative estimate of drug-likeness (QED) is 0.758. The van der Waals surface area contributed by atoms with Gasteiger partial charge in [-0.25, -0.2) is 0 Å². The summed E-state index contributed by atoms with van der Waals surface area (Å²) in [6.07, 6.45) is 0.596. The fourth-order valence-corrected chi connectivity index (χ4v) is 2.72. The number of rotatable bonds is 0. The number of aryl methyl sites for hydroxylation is 1. The molecule has 3 nitrogen and oxygen atoms in total. The Morgan fingerprint density at radius 1 is 1.27 bits per heavy atom. The predicted molar refractivity (Wildman–Crippen MR) is 89.2 cm³/mol. The van der Waals surface area contributed by atoms with E-state index in [0.717, 1.165) is 16.7 Å². The highest BCUT2D eigenvalue weighted by molar-refractivity contribution is 5.85. The SMILES string of the molecule is Cc1cc2occ(C#CC(C)O)c(=O)c2c(C(C)(C)C)c1C. The zero-order chi connectivity index (χ0) is 16.7. The third-order valence-electron chi connectivity index (χ3n) is 3.75. The molecule has 1 aromatic carbocycles. The van der Waals surface area contributed by atoms with E-state index in [1.807, 2.05) is 19.9 Å². The van der Waals surface area contributed by atoms with Crippen molar-refractivity contribution in [1.29, 1.82) is 0 Å². The Morgan fingerprint density at radius 2 is 1.91 bits per heavy atom. The Kier molecular flexibility index (Phi) is 4.17. The summed E-state index contributed by atoms with van der Waals surface area (Å²) >= 11 is 0. The van der Waals surface area contributed by atoms with Gasteiger partial charge in [-0.05, 0) is 48.9 Å². The van der Waals surface area contributed by atoms with Gasteiger partial charge >= 0.3 is 0 Å². The molecule has 0 fully saturated rings. The fraction of sp³-hybridized carbons (Fsp3) is 0.421. The van der Waals surface area contributed by atoms with Crippen LogP contribution in [0.3, 0.4) is 0 Å². The molecule has 1 atom stereocenters. The van der Waals surface area contributed by atoms with E-state index in [1.54, 1.807) is 6.92 Å². The maximum Gasteiger partial charge on any atom is 0.208 e. The van der Waals surface area contributed by atoms with Crippen LogP contribution < -0.4 is 5.43 Å². The van der Waals surface area contributed by atoms with Crippen LogP contribution in [0.2, 0.25) is 0 Å². The Bertz CT molecular complexity index is 837. The Hall–Kier alpha value is -2.05. The monoisotopic (exact) mass is 298 g/mol. The summed E-state index contributed by atoms with van der Waals surface area (Å²) in [6, 6.07) is 1.90. The van der Waals surface area contributed by atoms with Crippen molar-refractivity contribution in [2.75, 3.05) is 0 Å². The molecule has 116 valence electrons. The lowest BCUT2D eigenvalue weighted by Gasteiger charge is -2.24. The van der Waals surface area contributed by atoms with E-state index in [2.05, 4.69) is 32.6 Å². The zero-order valence-electron chi connectivity index (χ0n) is 14.0. The van der Waals surface area contributed by atoms with Gasteiger partial charge in [-0.3, -0.25) is 4.79 Å².